The average Bonchev–Trinajstić information content (AvgIpc) is 1.96. The van der Waals surface area contributed by atoms with Crippen molar-refractivity contribution in [1.82, 2.24) is 0 Å². The van der Waals surface area contributed by atoms with Gasteiger partial charge in [0, 0.05) is 11.6 Å². The summed E-state index contributed by atoms with van der Waals surface area (Å²) >= 11 is 5.68. The second-order valence-corrected chi connectivity index (χ2v) is 3.09. The molecule has 0 fully saturated rings. The maximum absolute atomic E-state index is 13.1. The zero-order chi connectivity index (χ0) is 9.30. The predicted octanol–water partition coefficient (Wildman–Crippen LogP) is 2.08. The first-order valence-corrected chi connectivity index (χ1v) is 3.90. The molecule has 0 spiro atoms. The van der Waals surface area contributed by atoms with Gasteiger partial charge in [-0.2, -0.15) is 0 Å². The molecule has 0 aliphatic heterocycles. The Morgan fingerprint density at radius 3 is 2.58 bits per heavy atom. The van der Waals surface area contributed by atoms with Gasteiger partial charge >= 0.3 is 0 Å². The quantitative estimate of drug-likeness (QED) is 0.663. The van der Waals surface area contributed by atoms with Crippen LogP contribution in [0.25, 0.3) is 0 Å². The smallest absolute Gasteiger partial charge is 0.130 e. The first-order valence-electron chi connectivity index (χ1n) is 3.52. The maximum atomic E-state index is 13.1. The fourth-order valence-corrected chi connectivity index (χ4v) is 1.10. The van der Waals surface area contributed by atoms with Crippen LogP contribution in [0.4, 0.5) is 10.1 Å². The predicted molar refractivity (Wildman–Crippen MR) is 48.4 cm³/mol. The lowest BCUT2D eigenvalue weighted by Gasteiger charge is -2.08. The molecule has 1 aromatic rings. The number of benzene rings is 1. The van der Waals surface area contributed by atoms with E-state index >= 15 is 0 Å². The molecule has 2 nitrogen and oxygen atoms in total. The normalized spacial score (nSPS) is 13.0. The summed E-state index contributed by atoms with van der Waals surface area (Å²) in [6.45, 7) is 1.69. The van der Waals surface area contributed by atoms with E-state index in [9.17, 15) is 4.39 Å². The van der Waals surface area contributed by atoms with Gasteiger partial charge in [0.2, 0.25) is 0 Å². The molecule has 1 atom stereocenters. The van der Waals surface area contributed by atoms with E-state index in [1.807, 2.05) is 0 Å². The van der Waals surface area contributed by atoms with Crippen LogP contribution in [-0.4, -0.2) is 0 Å². The van der Waals surface area contributed by atoms with Gasteiger partial charge < -0.3 is 11.5 Å². The molecule has 12 heavy (non-hydrogen) atoms. The molecular weight excluding hydrogens is 179 g/mol. The summed E-state index contributed by atoms with van der Waals surface area (Å²) in [5.41, 5.74) is 11.5. The van der Waals surface area contributed by atoms with E-state index in [1.165, 1.54) is 12.1 Å². The Kier molecular flexibility index (Phi) is 2.55. The van der Waals surface area contributed by atoms with E-state index in [0.29, 0.717) is 10.6 Å². The summed E-state index contributed by atoms with van der Waals surface area (Å²) in [5, 5.41) is 0.337. The van der Waals surface area contributed by atoms with Crippen LogP contribution in [0.5, 0.6) is 0 Å². The monoisotopic (exact) mass is 188 g/mol. The lowest BCUT2D eigenvalue weighted by atomic mass is 10.1. The number of hydrogen-bond acceptors (Lipinski definition) is 2. The van der Waals surface area contributed by atoms with Gasteiger partial charge in [-0.3, -0.25) is 0 Å². The first kappa shape index (κ1) is 9.29. The van der Waals surface area contributed by atoms with Gasteiger partial charge in [-0.05, 0) is 19.1 Å². The Morgan fingerprint density at radius 1 is 1.50 bits per heavy atom. The topological polar surface area (TPSA) is 52.0 Å². The number of anilines is 1. The van der Waals surface area contributed by atoms with E-state index in [0.717, 1.165) is 0 Å². The summed E-state index contributed by atoms with van der Waals surface area (Å²) in [6, 6.07) is 2.26. The van der Waals surface area contributed by atoms with Crippen molar-refractivity contribution < 1.29 is 4.39 Å². The fraction of sp³-hybridized carbons (Fsp3) is 0.250. The molecule has 66 valence electrons. The second-order valence-electron chi connectivity index (χ2n) is 2.68. The van der Waals surface area contributed by atoms with Crippen molar-refractivity contribution in [3.8, 4) is 0 Å². The Labute approximate surface area is 75.3 Å². The van der Waals surface area contributed by atoms with Gasteiger partial charge in [-0.1, -0.05) is 11.6 Å². The number of hydrogen-bond donors (Lipinski definition) is 2. The Bertz CT molecular complexity index is 299. The third kappa shape index (κ3) is 1.68. The number of nitrogens with two attached hydrogens (primary N) is 2. The van der Waals surface area contributed by atoms with Crippen molar-refractivity contribution in [1.29, 1.82) is 0 Å². The van der Waals surface area contributed by atoms with Crippen LogP contribution in [0.3, 0.4) is 0 Å². The van der Waals surface area contributed by atoms with Crippen molar-refractivity contribution in [2.45, 2.75) is 13.0 Å². The highest BCUT2D eigenvalue weighted by Crippen LogP contribution is 2.25. The van der Waals surface area contributed by atoms with Gasteiger partial charge in [0.05, 0.1) is 10.7 Å². The van der Waals surface area contributed by atoms with Crippen molar-refractivity contribution in [2.24, 2.45) is 5.73 Å². The van der Waals surface area contributed by atoms with Gasteiger partial charge in [-0.15, -0.1) is 0 Å². The summed E-state index contributed by atoms with van der Waals surface area (Å²) in [6.07, 6.45) is 0. The Balaban J connectivity index is 3.23. The molecule has 0 unspecified atom stereocenters. The summed E-state index contributed by atoms with van der Waals surface area (Å²) in [4.78, 5) is 0. The molecular formula is C8H10ClFN2. The highest BCUT2D eigenvalue weighted by molar-refractivity contribution is 6.33. The van der Waals surface area contributed by atoms with Gasteiger partial charge in [0.15, 0.2) is 0 Å². The Hall–Kier alpha value is -0.800. The van der Waals surface area contributed by atoms with Crippen LogP contribution in [-0.2, 0) is 0 Å². The van der Waals surface area contributed by atoms with Crippen LogP contribution in [0.2, 0.25) is 5.02 Å². The molecule has 0 saturated carbocycles. The Morgan fingerprint density at radius 2 is 2.08 bits per heavy atom. The minimum atomic E-state index is -0.410. The van der Waals surface area contributed by atoms with Crippen LogP contribution in [0.1, 0.15) is 18.5 Å². The third-order valence-corrected chi connectivity index (χ3v) is 1.93. The molecule has 0 aliphatic carbocycles. The third-order valence-electron chi connectivity index (χ3n) is 1.61. The van der Waals surface area contributed by atoms with Crippen molar-refractivity contribution in [3.63, 3.8) is 0 Å². The fourth-order valence-electron chi connectivity index (χ4n) is 0.927. The molecule has 0 heterocycles. The molecule has 0 radical (unpaired) electrons. The van der Waals surface area contributed by atoms with Crippen molar-refractivity contribution in [3.05, 3.63) is 28.5 Å². The van der Waals surface area contributed by atoms with Crippen LogP contribution < -0.4 is 11.5 Å². The highest BCUT2D eigenvalue weighted by atomic mass is 35.5. The molecule has 1 aromatic carbocycles. The van der Waals surface area contributed by atoms with Crippen molar-refractivity contribution in [2.75, 3.05) is 5.73 Å². The van der Waals surface area contributed by atoms with Crippen LogP contribution >= 0.6 is 11.6 Å². The summed E-state index contributed by atoms with van der Waals surface area (Å²) in [5.74, 6) is -0.410. The minimum Gasteiger partial charge on any atom is -0.397 e. The van der Waals surface area contributed by atoms with Crippen LogP contribution in [0, 0.1) is 5.82 Å². The molecule has 1 rings (SSSR count). The van der Waals surface area contributed by atoms with Crippen LogP contribution in [0.15, 0.2) is 12.1 Å². The molecule has 4 N–H and O–H groups in total. The van der Waals surface area contributed by atoms with Crippen molar-refractivity contribution >= 4 is 17.3 Å². The largest absolute Gasteiger partial charge is 0.397 e. The zero-order valence-electron chi connectivity index (χ0n) is 6.64. The molecule has 4 heteroatoms. The van der Waals surface area contributed by atoms with Gasteiger partial charge in [-0.25, -0.2) is 4.39 Å². The molecule has 0 aliphatic rings. The van der Waals surface area contributed by atoms with E-state index in [1.54, 1.807) is 6.92 Å². The van der Waals surface area contributed by atoms with E-state index in [2.05, 4.69) is 0 Å². The van der Waals surface area contributed by atoms with E-state index < -0.39 is 5.82 Å². The minimum absolute atomic E-state index is 0.235. The first-order chi connectivity index (χ1) is 5.52. The standard InChI is InChI=1S/C8H10ClFN2/c1-4(11)5-2-6(9)8(12)3-7(5)10/h2-4H,11-12H2,1H3/t4-/m1/s1. The highest BCUT2D eigenvalue weighted by Gasteiger charge is 2.09. The number of rotatable bonds is 1. The second kappa shape index (κ2) is 3.29. The lowest BCUT2D eigenvalue weighted by Crippen LogP contribution is -2.08. The molecule has 0 saturated heterocycles. The molecule has 0 amide bonds. The average molecular weight is 189 g/mol. The van der Waals surface area contributed by atoms with E-state index in [4.69, 9.17) is 23.1 Å². The zero-order valence-corrected chi connectivity index (χ0v) is 7.40. The molecule has 0 bridgehead atoms. The maximum Gasteiger partial charge on any atom is 0.130 e. The molecule has 0 aromatic heterocycles. The lowest BCUT2D eigenvalue weighted by molar-refractivity contribution is 0.594. The van der Waals surface area contributed by atoms with Gasteiger partial charge in [0.1, 0.15) is 5.82 Å². The van der Waals surface area contributed by atoms with Gasteiger partial charge in [0.25, 0.3) is 0 Å². The summed E-state index contributed by atoms with van der Waals surface area (Å²) in [7, 11) is 0. The number of halogens is 2. The van der Waals surface area contributed by atoms with E-state index in [-0.39, 0.29) is 11.7 Å². The number of nitrogen functional groups attached to an aromatic ring is 1. The summed E-state index contributed by atoms with van der Waals surface area (Å²) < 4.78 is 13.1. The SMILES string of the molecule is C[C@@H](N)c1cc(Cl)c(N)cc1F.